The average Bonchev–Trinajstić information content (AvgIpc) is 2.40. The maximum Gasteiger partial charge on any atom is 0.119 e. The highest BCUT2D eigenvalue weighted by atomic mass is 32.2. The van der Waals surface area contributed by atoms with Crippen LogP contribution in [0, 0.1) is 0 Å². The largest absolute Gasteiger partial charge is 0.497 e. The highest BCUT2D eigenvalue weighted by Crippen LogP contribution is 2.43. The fraction of sp³-hybridized carbons (Fsp3) is 0.647. The second kappa shape index (κ2) is 5.98. The average molecular weight is 291 g/mol. The predicted octanol–water partition coefficient (Wildman–Crippen LogP) is 3.82. The summed E-state index contributed by atoms with van der Waals surface area (Å²) in [7, 11) is 1.74. The molecule has 2 aliphatic rings. The van der Waals surface area contributed by atoms with E-state index in [0.717, 1.165) is 11.8 Å². The van der Waals surface area contributed by atoms with Gasteiger partial charge in [0, 0.05) is 17.3 Å². The summed E-state index contributed by atoms with van der Waals surface area (Å²) in [5, 5.41) is 3.79. The molecule has 3 heteroatoms. The molecule has 20 heavy (non-hydrogen) atoms. The van der Waals surface area contributed by atoms with Crippen molar-refractivity contribution in [1.29, 1.82) is 0 Å². The maximum atomic E-state index is 5.31. The molecule has 0 unspecified atom stereocenters. The summed E-state index contributed by atoms with van der Waals surface area (Å²) in [4.78, 5) is 0. The SMILES string of the molecule is COc1cccc(C2CC(NCC3(SC)CCC3)C2)c1. The van der Waals surface area contributed by atoms with Gasteiger partial charge in [-0.3, -0.25) is 0 Å². The van der Waals surface area contributed by atoms with Crippen LogP contribution in [0.3, 0.4) is 0 Å². The monoisotopic (exact) mass is 291 g/mol. The minimum absolute atomic E-state index is 0.557. The van der Waals surface area contributed by atoms with Crippen LogP contribution in [0.15, 0.2) is 24.3 Å². The van der Waals surface area contributed by atoms with E-state index in [-0.39, 0.29) is 0 Å². The number of benzene rings is 1. The molecule has 0 spiro atoms. The van der Waals surface area contributed by atoms with E-state index in [1.807, 2.05) is 6.07 Å². The molecular formula is C17H25NOS. The second-order valence-electron chi connectivity index (χ2n) is 6.26. The summed E-state index contributed by atoms with van der Waals surface area (Å²) in [6.07, 6.45) is 9.02. The van der Waals surface area contributed by atoms with Crippen molar-refractivity contribution in [2.75, 3.05) is 19.9 Å². The second-order valence-corrected chi connectivity index (χ2v) is 7.54. The summed E-state index contributed by atoms with van der Waals surface area (Å²) < 4.78 is 5.87. The van der Waals surface area contributed by atoms with E-state index in [0.29, 0.717) is 10.7 Å². The van der Waals surface area contributed by atoms with Crippen molar-refractivity contribution in [2.45, 2.75) is 48.8 Å². The Bertz CT molecular complexity index is 447. The van der Waals surface area contributed by atoms with Gasteiger partial charge >= 0.3 is 0 Å². The minimum Gasteiger partial charge on any atom is -0.497 e. The molecule has 0 aliphatic heterocycles. The fourth-order valence-electron chi connectivity index (χ4n) is 3.31. The van der Waals surface area contributed by atoms with Gasteiger partial charge in [0.25, 0.3) is 0 Å². The van der Waals surface area contributed by atoms with Crippen LogP contribution in [0.2, 0.25) is 0 Å². The van der Waals surface area contributed by atoms with Crippen molar-refractivity contribution in [3.63, 3.8) is 0 Å². The molecule has 1 aromatic carbocycles. The molecule has 0 aromatic heterocycles. The highest BCUT2D eigenvalue weighted by molar-refractivity contribution is 8.00. The molecule has 110 valence electrons. The van der Waals surface area contributed by atoms with Crippen molar-refractivity contribution >= 4 is 11.8 Å². The third-order valence-electron chi connectivity index (χ3n) is 5.11. The molecule has 2 saturated carbocycles. The van der Waals surface area contributed by atoms with Crippen molar-refractivity contribution in [3.8, 4) is 5.75 Å². The first-order valence-corrected chi connectivity index (χ1v) is 8.90. The van der Waals surface area contributed by atoms with Crippen LogP contribution >= 0.6 is 11.8 Å². The van der Waals surface area contributed by atoms with Crippen LogP contribution in [-0.4, -0.2) is 30.7 Å². The Morgan fingerprint density at radius 1 is 1.35 bits per heavy atom. The van der Waals surface area contributed by atoms with Crippen LogP contribution in [-0.2, 0) is 0 Å². The van der Waals surface area contributed by atoms with Gasteiger partial charge in [0.2, 0.25) is 0 Å². The van der Waals surface area contributed by atoms with E-state index in [9.17, 15) is 0 Å². The number of methoxy groups -OCH3 is 1. The molecule has 2 aliphatic carbocycles. The first kappa shape index (κ1) is 14.3. The Morgan fingerprint density at radius 3 is 2.75 bits per heavy atom. The zero-order valence-electron chi connectivity index (χ0n) is 12.5. The summed E-state index contributed by atoms with van der Waals surface area (Å²) in [5.74, 6) is 1.70. The summed E-state index contributed by atoms with van der Waals surface area (Å²) in [6, 6.07) is 9.27. The Kier molecular flexibility index (Phi) is 4.27. The van der Waals surface area contributed by atoms with Crippen LogP contribution in [0.25, 0.3) is 0 Å². The van der Waals surface area contributed by atoms with Crippen LogP contribution < -0.4 is 10.1 Å². The zero-order chi connectivity index (χ0) is 14.0. The number of nitrogens with one attached hydrogen (secondary N) is 1. The Labute approximate surface area is 126 Å². The molecule has 0 saturated heterocycles. The quantitative estimate of drug-likeness (QED) is 0.861. The van der Waals surface area contributed by atoms with Crippen LogP contribution in [0.4, 0.5) is 0 Å². The molecule has 0 heterocycles. The van der Waals surface area contributed by atoms with Gasteiger partial charge in [-0.2, -0.15) is 11.8 Å². The van der Waals surface area contributed by atoms with Crippen LogP contribution in [0.1, 0.15) is 43.6 Å². The summed E-state index contributed by atoms with van der Waals surface area (Å²) in [6.45, 7) is 1.20. The van der Waals surface area contributed by atoms with Gasteiger partial charge in [-0.15, -0.1) is 0 Å². The standard InChI is InChI=1S/C17H25NOS/c1-19-16-6-3-5-13(11-16)14-9-15(10-14)18-12-17(20-2)7-4-8-17/h3,5-6,11,14-15,18H,4,7-10,12H2,1-2H3. The molecule has 1 N–H and O–H groups in total. The fourth-order valence-corrected chi connectivity index (χ4v) is 4.23. The predicted molar refractivity (Wildman–Crippen MR) is 86.9 cm³/mol. The van der Waals surface area contributed by atoms with Crippen molar-refractivity contribution in [3.05, 3.63) is 29.8 Å². The molecule has 0 radical (unpaired) electrons. The van der Waals surface area contributed by atoms with Gasteiger partial charge < -0.3 is 10.1 Å². The summed E-state index contributed by atoms with van der Waals surface area (Å²) >= 11 is 2.06. The lowest BCUT2D eigenvalue weighted by Gasteiger charge is -2.44. The van der Waals surface area contributed by atoms with Gasteiger partial charge in [0.1, 0.15) is 5.75 Å². The Hall–Kier alpha value is -0.670. The normalized spacial score (nSPS) is 27.5. The number of hydrogen-bond donors (Lipinski definition) is 1. The van der Waals surface area contributed by atoms with Gasteiger partial charge in [-0.1, -0.05) is 18.6 Å². The highest BCUT2D eigenvalue weighted by Gasteiger charge is 2.38. The molecule has 1 aromatic rings. The van der Waals surface area contributed by atoms with E-state index in [2.05, 4.69) is 41.5 Å². The summed E-state index contributed by atoms with van der Waals surface area (Å²) in [5.41, 5.74) is 1.44. The van der Waals surface area contributed by atoms with Gasteiger partial charge in [0.05, 0.1) is 7.11 Å². The van der Waals surface area contributed by atoms with E-state index in [1.165, 1.54) is 44.2 Å². The molecule has 0 bridgehead atoms. The third kappa shape index (κ3) is 2.84. The third-order valence-corrected chi connectivity index (χ3v) is 6.53. The number of hydrogen-bond acceptors (Lipinski definition) is 3. The maximum absolute atomic E-state index is 5.31. The molecule has 2 nitrogen and oxygen atoms in total. The molecular weight excluding hydrogens is 266 g/mol. The van der Waals surface area contributed by atoms with Gasteiger partial charge in [-0.05, 0) is 55.6 Å². The van der Waals surface area contributed by atoms with E-state index in [4.69, 9.17) is 4.74 Å². The first-order valence-electron chi connectivity index (χ1n) is 7.67. The lowest BCUT2D eigenvalue weighted by atomic mass is 9.75. The smallest absolute Gasteiger partial charge is 0.119 e. The molecule has 0 atom stereocenters. The van der Waals surface area contributed by atoms with E-state index >= 15 is 0 Å². The van der Waals surface area contributed by atoms with E-state index < -0.39 is 0 Å². The Balaban J connectivity index is 1.46. The number of ether oxygens (including phenoxy) is 1. The topological polar surface area (TPSA) is 21.3 Å². The lowest BCUT2D eigenvalue weighted by molar-refractivity contribution is 0.255. The van der Waals surface area contributed by atoms with Crippen LogP contribution in [0.5, 0.6) is 5.75 Å². The number of thioether (sulfide) groups is 1. The molecule has 0 amide bonds. The Morgan fingerprint density at radius 2 is 2.15 bits per heavy atom. The first-order chi connectivity index (χ1) is 9.74. The van der Waals surface area contributed by atoms with Crippen molar-refractivity contribution < 1.29 is 4.74 Å². The van der Waals surface area contributed by atoms with Gasteiger partial charge in [-0.25, -0.2) is 0 Å². The molecule has 2 fully saturated rings. The molecule has 3 rings (SSSR count). The van der Waals surface area contributed by atoms with E-state index in [1.54, 1.807) is 7.11 Å². The minimum atomic E-state index is 0.557. The zero-order valence-corrected chi connectivity index (χ0v) is 13.3. The lowest BCUT2D eigenvalue weighted by Crippen LogP contribution is -2.49. The van der Waals surface area contributed by atoms with Crippen molar-refractivity contribution in [1.82, 2.24) is 5.32 Å². The van der Waals surface area contributed by atoms with Gasteiger partial charge in [0.15, 0.2) is 0 Å². The number of rotatable bonds is 6. The van der Waals surface area contributed by atoms with Crippen molar-refractivity contribution in [2.24, 2.45) is 0 Å².